The molecule has 0 bridgehead atoms. The number of benzene rings is 1. The molecule has 3 aromatic rings. The van der Waals surface area contributed by atoms with Crippen LogP contribution in [0.25, 0.3) is 22.3 Å². The second-order valence-electron chi connectivity index (χ2n) is 5.27. The molecule has 0 saturated heterocycles. The minimum atomic E-state index is 0.00809. The molecule has 0 unspecified atom stereocenters. The van der Waals surface area contributed by atoms with E-state index >= 15 is 0 Å². The lowest BCUT2D eigenvalue weighted by Crippen LogP contribution is -2.13. The molecule has 25 heavy (non-hydrogen) atoms. The van der Waals surface area contributed by atoms with Gasteiger partial charge in [0.05, 0.1) is 25.3 Å². The van der Waals surface area contributed by atoms with Gasteiger partial charge in [-0.25, -0.2) is 9.97 Å². The van der Waals surface area contributed by atoms with Crippen LogP contribution in [0.5, 0.6) is 0 Å². The number of nitrogens with zero attached hydrogens (tertiary/aromatic N) is 3. The average Bonchev–Trinajstić information content (AvgIpc) is 2.68. The second kappa shape index (κ2) is 8.20. The molecule has 0 radical (unpaired) electrons. The van der Waals surface area contributed by atoms with Crippen molar-refractivity contribution in [3.63, 3.8) is 0 Å². The van der Waals surface area contributed by atoms with Gasteiger partial charge in [-0.1, -0.05) is 5.92 Å². The molecule has 6 heteroatoms. The quantitative estimate of drug-likeness (QED) is 0.509. The van der Waals surface area contributed by atoms with E-state index in [0.717, 1.165) is 22.0 Å². The third kappa shape index (κ3) is 4.10. The molecule has 2 aromatic heterocycles. The molecule has 6 nitrogen and oxygen atoms in total. The SMILES string of the molecule is C#Cc1ccc2nc(-c3ccncc3)nc(NCCOCCO)c2c1. The van der Waals surface area contributed by atoms with Crippen molar-refractivity contribution in [2.75, 3.05) is 31.7 Å². The van der Waals surface area contributed by atoms with Gasteiger partial charge in [0, 0.05) is 35.5 Å². The highest BCUT2D eigenvalue weighted by Crippen LogP contribution is 2.25. The number of hydrogen-bond donors (Lipinski definition) is 2. The largest absolute Gasteiger partial charge is 0.394 e. The Morgan fingerprint density at radius 3 is 2.72 bits per heavy atom. The zero-order valence-electron chi connectivity index (χ0n) is 13.6. The summed E-state index contributed by atoms with van der Waals surface area (Å²) in [5.74, 6) is 3.94. The molecule has 1 aromatic carbocycles. The minimum absolute atomic E-state index is 0.00809. The molecule has 2 N–H and O–H groups in total. The lowest BCUT2D eigenvalue weighted by atomic mass is 10.1. The Morgan fingerprint density at radius 1 is 1.12 bits per heavy atom. The number of pyridine rings is 1. The Morgan fingerprint density at radius 2 is 1.96 bits per heavy atom. The molecule has 0 spiro atoms. The van der Waals surface area contributed by atoms with Crippen molar-refractivity contribution in [3.05, 3.63) is 48.3 Å². The Bertz CT molecular complexity index is 891. The van der Waals surface area contributed by atoms with Gasteiger partial charge >= 0.3 is 0 Å². The number of anilines is 1. The Hall–Kier alpha value is -3.01. The van der Waals surface area contributed by atoms with Crippen LogP contribution in [0.1, 0.15) is 5.56 Å². The van der Waals surface area contributed by atoms with Crippen LogP contribution in [0.2, 0.25) is 0 Å². The van der Waals surface area contributed by atoms with Crippen molar-refractivity contribution in [2.45, 2.75) is 0 Å². The van der Waals surface area contributed by atoms with Crippen LogP contribution in [0.4, 0.5) is 5.82 Å². The summed E-state index contributed by atoms with van der Waals surface area (Å²) >= 11 is 0. The van der Waals surface area contributed by atoms with Crippen LogP contribution < -0.4 is 5.32 Å². The number of aliphatic hydroxyl groups excluding tert-OH is 1. The number of terminal acetylenes is 1. The van der Waals surface area contributed by atoms with Crippen LogP contribution in [-0.2, 0) is 4.74 Å². The van der Waals surface area contributed by atoms with Gasteiger partial charge in [0.15, 0.2) is 5.82 Å². The number of aliphatic hydroxyl groups is 1. The normalized spacial score (nSPS) is 10.6. The summed E-state index contributed by atoms with van der Waals surface area (Å²) < 4.78 is 5.28. The van der Waals surface area contributed by atoms with Gasteiger partial charge in [0.25, 0.3) is 0 Å². The van der Waals surface area contributed by atoms with E-state index in [2.05, 4.69) is 26.2 Å². The first-order valence-corrected chi connectivity index (χ1v) is 7.93. The van der Waals surface area contributed by atoms with Crippen molar-refractivity contribution in [3.8, 4) is 23.7 Å². The fourth-order valence-corrected chi connectivity index (χ4v) is 2.39. The monoisotopic (exact) mass is 334 g/mol. The van der Waals surface area contributed by atoms with Crippen LogP contribution in [0.15, 0.2) is 42.7 Å². The fraction of sp³-hybridized carbons (Fsp3) is 0.211. The van der Waals surface area contributed by atoms with E-state index in [1.54, 1.807) is 12.4 Å². The fourth-order valence-electron chi connectivity index (χ4n) is 2.39. The second-order valence-corrected chi connectivity index (χ2v) is 5.27. The summed E-state index contributed by atoms with van der Waals surface area (Å²) in [6.07, 6.45) is 8.92. The molecule has 3 rings (SSSR count). The molecular weight excluding hydrogens is 316 g/mol. The molecule has 0 saturated carbocycles. The summed E-state index contributed by atoms with van der Waals surface area (Å²) in [7, 11) is 0. The predicted octanol–water partition coefficient (Wildman–Crippen LogP) is 2.09. The topological polar surface area (TPSA) is 80.2 Å². The van der Waals surface area contributed by atoms with Crippen LogP contribution in [0.3, 0.4) is 0 Å². The maximum Gasteiger partial charge on any atom is 0.162 e. The third-order valence-electron chi connectivity index (χ3n) is 3.58. The molecule has 0 aliphatic rings. The lowest BCUT2D eigenvalue weighted by Gasteiger charge is -2.11. The molecule has 0 fully saturated rings. The van der Waals surface area contributed by atoms with Crippen molar-refractivity contribution in [1.82, 2.24) is 15.0 Å². The molecular formula is C19H18N4O2. The summed E-state index contributed by atoms with van der Waals surface area (Å²) in [5, 5.41) is 12.9. The smallest absolute Gasteiger partial charge is 0.162 e. The molecule has 0 aliphatic heterocycles. The van der Waals surface area contributed by atoms with Crippen LogP contribution in [0, 0.1) is 12.3 Å². The Kier molecular flexibility index (Phi) is 5.52. The van der Waals surface area contributed by atoms with Gasteiger partial charge in [0.2, 0.25) is 0 Å². The van der Waals surface area contributed by atoms with Crippen molar-refractivity contribution in [2.24, 2.45) is 0 Å². The van der Waals surface area contributed by atoms with Crippen molar-refractivity contribution < 1.29 is 9.84 Å². The molecule has 0 atom stereocenters. The van der Waals surface area contributed by atoms with Gasteiger partial charge in [0.1, 0.15) is 5.82 Å². The average molecular weight is 334 g/mol. The lowest BCUT2D eigenvalue weighted by molar-refractivity contribution is 0.0992. The van der Waals surface area contributed by atoms with Gasteiger partial charge in [-0.2, -0.15) is 0 Å². The van der Waals surface area contributed by atoms with Crippen molar-refractivity contribution >= 4 is 16.7 Å². The predicted molar refractivity (Wildman–Crippen MR) is 97.1 cm³/mol. The molecule has 0 aliphatic carbocycles. The van der Waals surface area contributed by atoms with E-state index in [-0.39, 0.29) is 6.61 Å². The zero-order chi connectivity index (χ0) is 17.5. The van der Waals surface area contributed by atoms with E-state index in [9.17, 15) is 0 Å². The molecule has 0 amide bonds. The first-order valence-electron chi connectivity index (χ1n) is 7.93. The Labute approximate surface area is 145 Å². The summed E-state index contributed by atoms with van der Waals surface area (Å²) in [6, 6.07) is 9.38. The number of ether oxygens (including phenoxy) is 1. The van der Waals surface area contributed by atoms with E-state index in [1.807, 2.05) is 30.3 Å². The van der Waals surface area contributed by atoms with E-state index < -0.39 is 0 Å². The molecule has 2 heterocycles. The van der Waals surface area contributed by atoms with Gasteiger partial charge in [-0.15, -0.1) is 6.42 Å². The summed E-state index contributed by atoms with van der Waals surface area (Å²) in [5.41, 5.74) is 2.46. The standard InChI is InChI=1S/C19H18N4O2/c1-2-14-3-4-17-16(13-14)19(21-9-11-25-12-10-24)23-18(22-17)15-5-7-20-8-6-15/h1,3-8,13,24H,9-12H2,(H,21,22,23). The van der Waals surface area contributed by atoms with E-state index in [4.69, 9.17) is 16.3 Å². The first kappa shape index (κ1) is 16.8. The summed E-state index contributed by atoms with van der Waals surface area (Å²) in [6.45, 7) is 1.34. The highest BCUT2D eigenvalue weighted by Gasteiger charge is 2.10. The zero-order valence-corrected chi connectivity index (χ0v) is 13.6. The Balaban J connectivity index is 1.96. The van der Waals surface area contributed by atoms with Crippen LogP contribution >= 0.6 is 0 Å². The first-order chi connectivity index (χ1) is 12.3. The number of rotatable bonds is 7. The van der Waals surface area contributed by atoms with Crippen molar-refractivity contribution in [1.29, 1.82) is 0 Å². The number of nitrogens with one attached hydrogen (secondary N) is 1. The summed E-state index contributed by atoms with van der Waals surface area (Å²) in [4.78, 5) is 13.3. The van der Waals surface area contributed by atoms with Crippen LogP contribution in [-0.4, -0.2) is 46.4 Å². The van der Waals surface area contributed by atoms with E-state index in [1.165, 1.54) is 0 Å². The highest BCUT2D eigenvalue weighted by molar-refractivity contribution is 5.91. The van der Waals surface area contributed by atoms with Gasteiger partial charge in [-0.3, -0.25) is 4.98 Å². The van der Waals surface area contributed by atoms with Gasteiger partial charge < -0.3 is 15.2 Å². The maximum absolute atomic E-state index is 8.75. The minimum Gasteiger partial charge on any atom is -0.394 e. The molecule has 126 valence electrons. The number of hydrogen-bond acceptors (Lipinski definition) is 6. The third-order valence-corrected chi connectivity index (χ3v) is 3.58. The number of fused-ring (bicyclic) bond motifs is 1. The number of aromatic nitrogens is 3. The van der Waals surface area contributed by atoms with Gasteiger partial charge in [-0.05, 0) is 30.3 Å². The maximum atomic E-state index is 8.75. The van der Waals surface area contributed by atoms with E-state index in [0.29, 0.717) is 31.4 Å². The highest BCUT2D eigenvalue weighted by atomic mass is 16.5.